The molecule has 12 aromatic carbocycles. The zero-order valence-electron chi connectivity index (χ0n) is 33.8. The van der Waals surface area contributed by atoms with Crippen LogP contribution in [-0.2, 0) is 0 Å². The SMILES string of the molecule is c1ccc(-c2nc(-c3ccc4c(c3)oc3ccccc34)nc(-c3ccc(-c4cc5ccc6cccc7c8cccc9ccc%10cccc(c(c4)c5c67)c%10c98)c4ccccc34)n2)cc1. The van der Waals surface area contributed by atoms with Gasteiger partial charge < -0.3 is 4.42 Å². The van der Waals surface area contributed by atoms with Crippen LogP contribution in [0.3, 0.4) is 0 Å². The average molecular weight is 800 g/mol. The van der Waals surface area contributed by atoms with Gasteiger partial charge >= 0.3 is 0 Å². The Morgan fingerprint density at radius 1 is 0.254 bits per heavy atom. The van der Waals surface area contributed by atoms with Crippen molar-refractivity contribution in [3.05, 3.63) is 200 Å². The third-order valence-corrected chi connectivity index (χ3v) is 13.2. The van der Waals surface area contributed by atoms with Gasteiger partial charge in [0, 0.05) is 27.5 Å². The van der Waals surface area contributed by atoms with Gasteiger partial charge in [-0.25, -0.2) is 15.0 Å². The summed E-state index contributed by atoms with van der Waals surface area (Å²) in [5.74, 6) is 1.82. The summed E-state index contributed by atoms with van der Waals surface area (Å²) in [6, 6.07) is 71.9. The summed E-state index contributed by atoms with van der Waals surface area (Å²) in [5, 5.41) is 19.6. The van der Waals surface area contributed by atoms with E-state index in [0.717, 1.165) is 60.5 Å². The summed E-state index contributed by atoms with van der Waals surface area (Å²) in [4.78, 5) is 15.5. The third kappa shape index (κ3) is 5.06. The molecule has 2 heterocycles. The monoisotopic (exact) mass is 799 g/mol. The second-order valence-electron chi connectivity index (χ2n) is 16.7. The Bertz CT molecular complexity index is 4200. The maximum atomic E-state index is 6.31. The number of para-hydroxylation sites is 1. The fraction of sp³-hybridized carbons (Fsp3) is 0. The number of aromatic nitrogens is 3. The number of hydrogen-bond donors (Lipinski definition) is 0. The number of fused-ring (bicyclic) bond motifs is 6. The number of benzene rings is 11. The van der Waals surface area contributed by atoms with E-state index < -0.39 is 0 Å². The van der Waals surface area contributed by atoms with E-state index >= 15 is 0 Å². The molecule has 0 saturated carbocycles. The lowest BCUT2D eigenvalue weighted by molar-refractivity contribution is 0.669. The molecule has 4 nitrogen and oxygen atoms in total. The highest BCUT2D eigenvalue weighted by Gasteiger charge is 2.20. The van der Waals surface area contributed by atoms with Crippen LogP contribution in [0.1, 0.15) is 0 Å². The summed E-state index contributed by atoms with van der Waals surface area (Å²) >= 11 is 0. The highest BCUT2D eigenvalue weighted by molar-refractivity contribution is 6.37. The molecule has 14 rings (SSSR count). The first-order chi connectivity index (χ1) is 31.2. The van der Waals surface area contributed by atoms with E-state index in [1.165, 1.54) is 64.6 Å². The van der Waals surface area contributed by atoms with Crippen LogP contribution in [0.4, 0.5) is 0 Å². The molecule has 0 saturated heterocycles. The lowest BCUT2D eigenvalue weighted by atomic mass is 9.86. The van der Waals surface area contributed by atoms with Crippen molar-refractivity contribution in [3.63, 3.8) is 0 Å². The summed E-state index contributed by atoms with van der Waals surface area (Å²) < 4.78 is 6.31. The number of rotatable bonds is 4. The topological polar surface area (TPSA) is 51.8 Å². The Morgan fingerprint density at radius 2 is 0.762 bits per heavy atom. The first-order valence-electron chi connectivity index (χ1n) is 21.4. The van der Waals surface area contributed by atoms with Crippen LogP contribution in [0, 0.1) is 0 Å². The number of nitrogens with zero attached hydrogens (tertiary/aromatic N) is 3. The molecule has 0 spiro atoms. The van der Waals surface area contributed by atoms with Gasteiger partial charge in [-0.05, 0) is 123 Å². The van der Waals surface area contributed by atoms with Crippen LogP contribution in [-0.4, -0.2) is 15.0 Å². The van der Waals surface area contributed by atoms with Gasteiger partial charge in [-0.3, -0.25) is 0 Å². The third-order valence-electron chi connectivity index (χ3n) is 13.2. The van der Waals surface area contributed by atoms with Gasteiger partial charge in [0.25, 0.3) is 0 Å². The summed E-state index contributed by atoms with van der Waals surface area (Å²) in [7, 11) is 0. The van der Waals surface area contributed by atoms with Crippen molar-refractivity contribution in [2.75, 3.05) is 0 Å². The van der Waals surface area contributed by atoms with E-state index in [0.29, 0.717) is 17.5 Å². The molecule has 4 heteroatoms. The fourth-order valence-corrected chi connectivity index (χ4v) is 10.4. The van der Waals surface area contributed by atoms with Crippen LogP contribution in [0.15, 0.2) is 205 Å². The van der Waals surface area contributed by atoms with Gasteiger partial charge in [0.15, 0.2) is 17.5 Å². The zero-order valence-corrected chi connectivity index (χ0v) is 33.8. The first kappa shape index (κ1) is 34.3. The van der Waals surface area contributed by atoms with Crippen LogP contribution in [0.2, 0.25) is 0 Å². The van der Waals surface area contributed by atoms with E-state index in [-0.39, 0.29) is 0 Å². The normalized spacial score (nSPS) is 12.1. The zero-order chi connectivity index (χ0) is 41.2. The van der Waals surface area contributed by atoms with Crippen molar-refractivity contribution >= 4 is 97.3 Å². The first-order valence-corrected chi connectivity index (χ1v) is 21.4. The molecule has 0 atom stereocenters. The summed E-state index contributed by atoms with van der Waals surface area (Å²) in [6.07, 6.45) is 0. The molecule has 0 aliphatic rings. The summed E-state index contributed by atoms with van der Waals surface area (Å²) in [6.45, 7) is 0. The Labute approximate surface area is 360 Å². The van der Waals surface area contributed by atoms with Gasteiger partial charge in [0.05, 0.1) is 0 Å². The van der Waals surface area contributed by atoms with Gasteiger partial charge in [-0.1, -0.05) is 164 Å². The van der Waals surface area contributed by atoms with Crippen molar-refractivity contribution in [2.24, 2.45) is 0 Å². The molecule has 14 aromatic rings. The maximum Gasteiger partial charge on any atom is 0.164 e. The average Bonchev–Trinajstić information content (AvgIpc) is 3.73. The van der Waals surface area contributed by atoms with Crippen molar-refractivity contribution in [3.8, 4) is 45.3 Å². The lowest BCUT2D eigenvalue weighted by Crippen LogP contribution is -2.00. The van der Waals surface area contributed by atoms with Gasteiger partial charge in [-0.2, -0.15) is 0 Å². The van der Waals surface area contributed by atoms with Crippen molar-refractivity contribution in [1.82, 2.24) is 15.0 Å². The van der Waals surface area contributed by atoms with Crippen molar-refractivity contribution in [1.29, 1.82) is 0 Å². The van der Waals surface area contributed by atoms with E-state index in [4.69, 9.17) is 19.4 Å². The van der Waals surface area contributed by atoms with Crippen LogP contribution in [0.25, 0.3) is 143 Å². The molecule has 0 unspecified atom stereocenters. The van der Waals surface area contributed by atoms with Crippen LogP contribution >= 0.6 is 0 Å². The van der Waals surface area contributed by atoms with Crippen LogP contribution < -0.4 is 0 Å². The Hall–Kier alpha value is -8.47. The molecule has 0 radical (unpaired) electrons. The Morgan fingerprint density at radius 3 is 1.46 bits per heavy atom. The van der Waals surface area contributed by atoms with E-state index in [2.05, 4.69) is 158 Å². The quantitative estimate of drug-likeness (QED) is 0.166. The molecule has 290 valence electrons. The minimum absolute atomic E-state index is 0.590. The van der Waals surface area contributed by atoms with Crippen molar-refractivity contribution < 1.29 is 4.42 Å². The highest BCUT2D eigenvalue weighted by Crippen LogP contribution is 2.46. The molecule has 0 bridgehead atoms. The minimum atomic E-state index is 0.590. The molecule has 0 aliphatic carbocycles. The Kier molecular flexibility index (Phi) is 7.08. The number of furan rings is 1. The fourth-order valence-electron chi connectivity index (χ4n) is 10.4. The lowest BCUT2D eigenvalue weighted by Gasteiger charge is -2.18. The smallest absolute Gasteiger partial charge is 0.164 e. The summed E-state index contributed by atoms with van der Waals surface area (Å²) in [5.41, 5.74) is 6.71. The number of hydrogen-bond acceptors (Lipinski definition) is 4. The van der Waals surface area contributed by atoms with Gasteiger partial charge in [0.2, 0.25) is 0 Å². The van der Waals surface area contributed by atoms with Crippen molar-refractivity contribution in [2.45, 2.75) is 0 Å². The second kappa shape index (κ2) is 13.0. The Balaban J connectivity index is 1.02. The van der Waals surface area contributed by atoms with Gasteiger partial charge in [-0.15, -0.1) is 0 Å². The van der Waals surface area contributed by atoms with Gasteiger partial charge in [0.1, 0.15) is 11.2 Å². The molecule has 0 amide bonds. The van der Waals surface area contributed by atoms with Crippen LogP contribution in [0.5, 0.6) is 0 Å². The molecule has 2 aromatic heterocycles. The molecule has 0 N–H and O–H groups in total. The molecular formula is C59H33N3O. The largest absolute Gasteiger partial charge is 0.456 e. The molecular weight excluding hydrogens is 767 g/mol. The van der Waals surface area contributed by atoms with E-state index in [1.807, 2.05) is 42.5 Å². The minimum Gasteiger partial charge on any atom is -0.456 e. The second-order valence-corrected chi connectivity index (χ2v) is 16.7. The molecule has 0 fully saturated rings. The maximum absolute atomic E-state index is 6.31. The van der Waals surface area contributed by atoms with E-state index in [9.17, 15) is 0 Å². The highest BCUT2D eigenvalue weighted by atomic mass is 16.3. The predicted molar refractivity (Wildman–Crippen MR) is 263 cm³/mol. The van der Waals surface area contributed by atoms with E-state index in [1.54, 1.807) is 0 Å². The molecule has 0 aliphatic heterocycles. The molecule has 63 heavy (non-hydrogen) atoms. The predicted octanol–water partition coefficient (Wildman–Crippen LogP) is 15.9. The standard InChI is InChI=1S/C59H33N3O/c1-2-11-37(12-3-1)57-60-58(39-27-28-45-44-18-6-7-22-51(44)63-52(45)33-39)62-59(61-57)49-30-29-41(42-16-4-5-17-43(42)49)40-31-38-26-25-36-14-9-20-47-46-19-8-13-34-23-24-35-15-10-21-48(55(35)53(34)46)50(32-40)56(38)54(36)47/h1-33H.